The summed E-state index contributed by atoms with van der Waals surface area (Å²) >= 11 is 0. The van der Waals surface area contributed by atoms with Crippen LogP contribution in [-0.2, 0) is 36.8 Å². The number of piperidine rings is 1. The molecule has 0 saturated carbocycles. The van der Waals surface area contributed by atoms with Crippen LogP contribution < -0.4 is 5.32 Å². The third kappa shape index (κ3) is 4.50. The predicted octanol–water partition coefficient (Wildman–Crippen LogP) is 1.46. The number of amides is 3. The Bertz CT molecular complexity index is 1240. The Morgan fingerprint density at radius 1 is 1.28 bits per heavy atom. The van der Waals surface area contributed by atoms with E-state index in [1.54, 1.807) is 23.0 Å². The fraction of sp³-hybridized carbons (Fsp3) is 0.520. The van der Waals surface area contributed by atoms with Gasteiger partial charge in [-0.05, 0) is 63.8 Å². The van der Waals surface area contributed by atoms with Gasteiger partial charge in [-0.1, -0.05) is 5.21 Å². The fourth-order valence-corrected chi connectivity index (χ4v) is 4.94. The van der Waals surface area contributed by atoms with E-state index in [0.29, 0.717) is 36.4 Å². The maximum absolute atomic E-state index is 12.9. The molecule has 190 valence electrons. The van der Waals surface area contributed by atoms with Crippen molar-refractivity contribution < 1.29 is 28.7 Å². The highest BCUT2D eigenvalue weighted by Gasteiger charge is 2.46. The second kappa shape index (κ2) is 8.81. The molecule has 4 heterocycles. The van der Waals surface area contributed by atoms with E-state index in [9.17, 15) is 19.2 Å². The van der Waals surface area contributed by atoms with Gasteiger partial charge in [0, 0.05) is 31.6 Å². The molecule has 2 unspecified atom stereocenters. The van der Waals surface area contributed by atoms with Gasteiger partial charge in [-0.25, -0.2) is 9.48 Å². The van der Waals surface area contributed by atoms with E-state index in [1.807, 2.05) is 26.8 Å². The number of hydrogen-bond donors (Lipinski definition) is 1. The van der Waals surface area contributed by atoms with E-state index < -0.39 is 29.1 Å². The van der Waals surface area contributed by atoms with Gasteiger partial charge < -0.3 is 14.4 Å². The van der Waals surface area contributed by atoms with Gasteiger partial charge in [0.2, 0.25) is 11.8 Å². The van der Waals surface area contributed by atoms with Crippen LogP contribution in [0.1, 0.15) is 68.1 Å². The van der Waals surface area contributed by atoms with Crippen LogP contribution in [0, 0.1) is 0 Å². The van der Waals surface area contributed by atoms with Crippen LogP contribution in [0.3, 0.4) is 0 Å². The smallest absolute Gasteiger partial charge is 0.339 e. The highest BCUT2D eigenvalue weighted by molar-refractivity contribution is 6.05. The van der Waals surface area contributed by atoms with Crippen LogP contribution in [0.15, 0.2) is 24.4 Å². The average molecular weight is 496 g/mol. The summed E-state index contributed by atoms with van der Waals surface area (Å²) in [6.45, 7) is 6.22. The highest BCUT2D eigenvalue weighted by atomic mass is 16.6. The molecule has 1 N–H and O–H groups in total. The van der Waals surface area contributed by atoms with Crippen molar-refractivity contribution in [2.45, 2.75) is 76.7 Å². The number of benzene rings is 1. The lowest BCUT2D eigenvalue weighted by Crippen LogP contribution is -2.52. The molecule has 5 rings (SSSR count). The van der Waals surface area contributed by atoms with Crippen molar-refractivity contribution in [3.8, 4) is 5.69 Å². The van der Waals surface area contributed by atoms with Crippen LogP contribution in [0.2, 0.25) is 0 Å². The summed E-state index contributed by atoms with van der Waals surface area (Å²) in [6.07, 6.45) is 3.81. The van der Waals surface area contributed by atoms with Crippen molar-refractivity contribution in [1.82, 2.24) is 25.2 Å². The molecule has 11 heteroatoms. The molecule has 1 aromatic carbocycles. The lowest BCUT2D eigenvalue weighted by atomic mass is 9.94. The molecule has 2 atom stereocenters. The molecule has 2 saturated heterocycles. The summed E-state index contributed by atoms with van der Waals surface area (Å²) in [5.41, 5.74) is 0.863. The van der Waals surface area contributed by atoms with Crippen molar-refractivity contribution in [3.05, 3.63) is 41.2 Å². The molecular weight excluding hydrogens is 466 g/mol. The SMILES string of the molecule is CC(C)(C)OC(=O)C1(Cc2cn(-c3ccc4c(c3)CN(C3CCC(=O)NC3=O)C4=O)nn2)CCCO1. The van der Waals surface area contributed by atoms with E-state index in [-0.39, 0.29) is 31.2 Å². The molecular formula is C25H29N5O6. The molecule has 2 fully saturated rings. The second-order valence-electron chi connectivity index (χ2n) is 10.5. The molecule has 0 spiro atoms. The van der Waals surface area contributed by atoms with Gasteiger partial charge >= 0.3 is 5.97 Å². The number of fused-ring (bicyclic) bond motifs is 1. The monoisotopic (exact) mass is 495 g/mol. The number of imide groups is 1. The van der Waals surface area contributed by atoms with E-state index in [4.69, 9.17) is 9.47 Å². The quantitative estimate of drug-likeness (QED) is 0.487. The molecule has 1 aromatic heterocycles. The molecule has 0 radical (unpaired) electrons. The zero-order chi connectivity index (χ0) is 25.7. The standard InChI is InChI=1S/C25H29N5O6/c1-24(2,3)36-23(34)25(9-4-10-35-25)12-16-14-30(28-27-16)17-5-6-18-15(11-17)13-29(22(18)33)19-7-8-20(31)26-21(19)32/h5-6,11,14,19H,4,7-10,12-13H2,1-3H3,(H,26,31,32). The third-order valence-electron chi connectivity index (χ3n) is 6.65. The largest absolute Gasteiger partial charge is 0.458 e. The lowest BCUT2D eigenvalue weighted by molar-refractivity contribution is -0.178. The first kappa shape index (κ1) is 24.1. The number of carbonyl (C=O) groups is 4. The minimum Gasteiger partial charge on any atom is -0.458 e. The lowest BCUT2D eigenvalue weighted by Gasteiger charge is -2.29. The van der Waals surface area contributed by atoms with Gasteiger partial charge in [-0.3, -0.25) is 19.7 Å². The minimum atomic E-state index is -1.08. The molecule has 36 heavy (non-hydrogen) atoms. The van der Waals surface area contributed by atoms with Gasteiger partial charge in [-0.2, -0.15) is 0 Å². The Kier molecular flexibility index (Phi) is 5.90. The number of nitrogens with one attached hydrogen (secondary N) is 1. The van der Waals surface area contributed by atoms with Crippen LogP contribution in [0.5, 0.6) is 0 Å². The molecule has 11 nitrogen and oxygen atoms in total. The maximum Gasteiger partial charge on any atom is 0.339 e. The molecule has 3 amide bonds. The van der Waals surface area contributed by atoms with Crippen LogP contribution in [0.4, 0.5) is 0 Å². The summed E-state index contributed by atoms with van der Waals surface area (Å²) in [6, 6.07) is 4.65. The molecule has 0 bridgehead atoms. The van der Waals surface area contributed by atoms with Gasteiger partial charge in [0.05, 0.1) is 17.6 Å². The molecule has 2 aromatic rings. The second-order valence-corrected chi connectivity index (χ2v) is 10.5. The molecule has 0 aliphatic carbocycles. The first-order chi connectivity index (χ1) is 17.0. The number of carbonyl (C=O) groups excluding carboxylic acids is 4. The number of esters is 1. The summed E-state index contributed by atoms with van der Waals surface area (Å²) in [7, 11) is 0. The zero-order valence-corrected chi connectivity index (χ0v) is 20.6. The maximum atomic E-state index is 12.9. The molecule has 3 aliphatic heterocycles. The summed E-state index contributed by atoms with van der Waals surface area (Å²) in [5, 5.41) is 10.8. The van der Waals surface area contributed by atoms with Gasteiger partial charge in [0.15, 0.2) is 5.60 Å². The minimum absolute atomic E-state index is 0.206. The van der Waals surface area contributed by atoms with E-state index in [0.717, 1.165) is 12.0 Å². The van der Waals surface area contributed by atoms with Crippen molar-refractivity contribution in [1.29, 1.82) is 0 Å². The number of hydrogen-bond acceptors (Lipinski definition) is 8. The Morgan fingerprint density at radius 2 is 2.08 bits per heavy atom. The first-order valence-electron chi connectivity index (χ1n) is 12.1. The Labute approximate surface area is 208 Å². The number of aromatic nitrogens is 3. The molecule has 3 aliphatic rings. The van der Waals surface area contributed by atoms with Crippen LogP contribution >= 0.6 is 0 Å². The van der Waals surface area contributed by atoms with E-state index in [2.05, 4.69) is 15.6 Å². The van der Waals surface area contributed by atoms with Crippen molar-refractivity contribution in [2.24, 2.45) is 0 Å². The van der Waals surface area contributed by atoms with Crippen LogP contribution in [0.25, 0.3) is 5.69 Å². The highest BCUT2D eigenvalue weighted by Crippen LogP contribution is 2.33. The van der Waals surface area contributed by atoms with Crippen molar-refractivity contribution in [2.75, 3.05) is 6.61 Å². The van der Waals surface area contributed by atoms with Gasteiger partial charge in [0.1, 0.15) is 11.6 Å². The summed E-state index contributed by atoms with van der Waals surface area (Å²) < 4.78 is 13.1. The number of nitrogens with zero attached hydrogens (tertiary/aromatic N) is 4. The number of rotatable bonds is 5. The van der Waals surface area contributed by atoms with Gasteiger partial charge in [0.25, 0.3) is 5.91 Å². The zero-order valence-electron chi connectivity index (χ0n) is 20.6. The van der Waals surface area contributed by atoms with Crippen molar-refractivity contribution in [3.63, 3.8) is 0 Å². The Morgan fingerprint density at radius 3 is 2.78 bits per heavy atom. The summed E-state index contributed by atoms with van der Waals surface area (Å²) in [4.78, 5) is 51.1. The predicted molar refractivity (Wildman–Crippen MR) is 125 cm³/mol. The Balaban J connectivity index is 1.33. The Hall–Kier alpha value is -3.60. The van der Waals surface area contributed by atoms with E-state index in [1.165, 1.54) is 4.90 Å². The van der Waals surface area contributed by atoms with E-state index >= 15 is 0 Å². The fourth-order valence-electron chi connectivity index (χ4n) is 4.94. The van der Waals surface area contributed by atoms with Crippen LogP contribution in [-0.4, -0.2) is 67.4 Å². The normalized spacial score (nSPS) is 24.1. The third-order valence-corrected chi connectivity index (χ3v) is 6.65. The van der Waals surface area contributed by atoms with Gasteiger partial charge in [-0.15, -0.1) is 5.10 Å². The summed E-state index contributed by atoms with van der Waals surface area (Å²) in [5.74, 6) is -1.39. The first-order valence-corrected chi connectivity index (χ1v) is 12.1. The average Bonchev–Trinajstić information content (AvgIpc) is 3.53. The number of ether oxygens (including phenoxy) is 2. The topological polar surface area (TPSA) is 133 Å². The van der Waals surface area contributed by atoms with Crippen molar-refractivity contribution >= 4 is 23.7 Å².